The van der Waals surface area contributed by atoms with E-state index in [1.807, 2.05) is 4.90 Å². The minimum absolute atomic E-state index is 0.0680. The normalized spacial score (nSPS) is 18.1. The fourth-order valence-corrected chi connectivity index (χ4v) is 2.70. The van der Waals surface area contributed by atoms with Gasteiger partial charge in [-0.1, -0.05) is 12.1 Å². The van der Waals surface area contributed by atoms with E-state index >= 15 is 0 Å². The summed E-state index contributed by atoms with van der Waals surface area (Å²) in [5.74, 6) is -0.0680. The minimum atomic E-state index is -4.24. The van der Waals surface area contributed by atoms with Crippen molar-refractivity contribution in [2.24, 2.45) is 0 Å². The summed E-state index contributed by atoms with van der Waals surface area (Å²) < 4.78 is 38.0. The van der Waals surface area contributed by atoms with E-state index in [1.54, 1.807) is 24.3 Å². The fourth-order valence-electron chi connectivity index (χ4n) is 2.70. The van der Waals surface area contributed by atoms with Crippen LogP contribution in [0.4, 0.5) is 24.5 Å². The SMILES string of the molecule is O=C(CN1CCN(CC(F)(F)F)c2ccccc21)NC1CC1. The molecule has 0 spiro atoms. The zero-order valence-electron chi connectivity index (χ0n) is 12.1. The lowest BCUT2D eigenvalue weighted by atomic mass is 10.1. The highest BCUT2D eigenvalue weighted by Crippen LogP contribution is 2.34. The highest BCUT2D eigenvalue weighted by Gasteiger charge is 2.34. The number of nitrogens with zero attached hydrogens (tertiary/aromatic N) is 2. The van der Waals surface area contributed by atoms with Gasteiger partial charge in [0.2, 0.25) is 5.91 Å². The van der Waals surface area contributed by atoms with Crippen LogP contribution in [0.15, 0.2) is 24.3 Å². The van der Waals surface area contributed by atoms with Gasteiger partial charge in [-0.05, 0) is 25.0 Å². The third-order valence-corrected chi connectivity index (χ3v) is 3.85. The molecule has 1 aliphatic heterocycles. The van der Waals surface area contributed by atoms with E-state index in [4.69, 9.17) is 0 Å². The van der Waals surface area contributed by atoms with Crippen molar-refractivity contribution >= 4 is 17.3 Å². The number of fused-ring (bicyclic) bond motifs is 1. The van der Waals surface area contributed by atoms with Crippen LogP contribution in [0.3, 0.4) is 0 Å². The molecule has 4 nitrogen and oxygen atoms in total. The number of carbonyl (C=O) groups is 1. The summed E-state index contributed by atoms with van der Waals surface area (Å²) in [5, 5.41) is 2.91. The van der Waals surface area contributed by atoms with Gasteiger partial charge in [-0.15, -0.1) is 0 Å². The molecule has 1 N–H and O–H groups in total. The van der Waals surface area contributed by atoms with Gasteiger partial charge in [-0.25, -0.2) is 0 Å². The number of nitrogens with one attached hydrogen (secondary N) is 1. The first-order chi connectivity index (χ1) is 10.4. The van der Waals surface area contributed by atoms with E-state index in [9.17, 15) is 18.0 Å². The Kier molecular flexibility index (Phi) is 3.88. The number of hydrogen-bond acceptors (Lipinski definition) is 3. The lowest BCUT2D eigenvalue weighted by Crippen LogP contribution is -2.48. The summed E-state index contributed by atoms with van der Waals surface area (Å²) in [7, 11) is 0. The molecule has 1 heterocycles. The molecule has 1 aliphatic carbocycles. The van der Waals surface area contributed by atoms with Crippen LogP contribution in [-0.2, 0) is 4.79 Å². The average Bonchev–Trinajstić information content (AvgIpc) is 3.24. The summed E-state index contributed by atoms with van der Waals surface area (Å²) in [4.78, 5) is 15.1. The van der Waals surface area contributed by atoms with Crippen LogP contribution in [0, 0.1) is 0 Å². The maximum atomic E-state index is 12.7. The summed E-state index contributed by atoms with van der Waals surface area (Å²) in [6.07, 6.45) is -2.21. The van der Waals surface area contributed by atoms with E-state index in [1.165, 1.54) is 4.90 Å². The van der Waals surface area contributed by atoms with Crippen LogP contribution in [0.5, 0.6) is 0 Å². The smallest absolute Gasteiger partial charge is 0.359 e. The lowest BCUT2D eigenvalue weighted by molar-refractivity contribution is -0.121. The second-order valence-electron chi connectivity index (χ2n) is 5.79. The van der Waals surface area contributed by atoms with Crippen molar-refractivity contribution in [1.82, 2.24) is 5.32 Å². The first-order valence-electron chi connectivity index (χ1n) is 7.37. The monoisotopic (exact) mass is 313 g/mol. The van der Waals surface area contributed by atoms with Gasteiger partial charge in [0.05, 0.1) is 17.9 Å². The van der Waals surface area contributed by atoms with Crippen molar-refractivity contribution in [3.63, 3.8) is 0 Å². The number of para-hydroxylation sites is 2. The maximum absolute atomic E-state index is 12.7. The van der Waals surface area contributed by atoms with Gasteiger partial charge in [0, 0.05) is 19.1 Å². The Morgan fingerprint density at radius 3 is 2.32 bits per heavy atom. The molecule has 0 atom stereocenters. The van der Waals surface area contributed by atoms with E-state index in [-0.39, 0.29) is 25.0 Å². The Morgan fingerprint density at radius 1 is 1.14 bits per heavy atom. The topological polar surface area (TPSA) is 35.6 Å². The highest BCUT2D eigenvalue weighted by atomic mass is 19.4. The molecule has 0 unspecified atom stereocenters. The third kappa shape index (κ3) is 3.64. The minimum Gasteiger partial charge on any atom is -0.359 e. The van der Waals surface area contributed by atoms with Crippen molar-refractivity contribution in [2.45, 2.75) is 25.1 Å². The largest absolute Gasteiger partial charge is 0.405 e. The van der Waals surface area contributed by atoms with Crippen molar-refractivity contribution in [2.75, 3.05) is 36.0 Å². The van der Waals surface area contributed by atoms with Crippen LogP contribution in [0.2, 0.25) is 0 Å². The Balaban J connectivity index is 1.73. The number of benzene rings is 1. The van der Waals surface area contributed by atoms with Crippen molar-refractivity contribution in [3.8, 4) is 0 Å². The number of hydrogen-bond donors (Lipinski definition) is 1. The van der Waals surface area contributed by atoms with Gasteiger partial charge in [-0.2, -0.15) is 13.2 Å². The fraction of sp³-hybridized carbons (Fsp3) is 0.533. The van der Waals surface area contributed by atoms with Gasteiger partial charge in [0.15, 0.2) is 0 Å². The number of rotatable bonds is 4. The van der Waals surface area contributed by atoms with Gasteiger partial charge >= 0.3 is 6.18 Å². The van der Waals surface area contributed by atoms with E-state index in [0.717, 1.165) is 12.8 Å². The molecule has 1 fully saturated rings. The molecule has 0 bridgehead atoms. The molecule has 1 aromatic rings. The van der Waals surface area contributed by atoms with Crippen LogP contribution in [0.25, 0.3) is 0 Å². The lowest BCUT2D eigenvalue weighted by Gasteiger charge is -2.38. The van der Waals surface area contributed by atoms with Crippen molar-refractivity contribution < 1.29 is 18.0 Å². The molecule has 1 aromatic carbocycles. The zero-order chi connectivity index (χ0) is 15.7. The average molecular weight is 313 g/mol. The summed E-state index contributed by atoms with van der Waals surface area (Å²) in [5.41, 5.74) is 1.22. The number of alkyl halides is 3. The van der Waals surface area contributed by atoms with Crippen LogP contribution in [0.1, 0.15) is 12.8 Å². The summed E-state index contributed by atoms with van der Waals surface area (Å²) in [6.45, 7) is -0.113. The Bertz CT molecular complexity index is 557. The maximum Gasteiger partial charge on any atom is 0.405 e. The van der Waals surface area contributed by atoms with Gasteiger partial charge in [-0.3, -0.25) is 4.79 Å². The number of carbonyl (C=O) groups excluding carboxylic acids is 1. The van der Waals surface area contributed by atoms with E-state index in [0.29, 0.717) is 17.9 Å². The summed E-state index contributed by atoms with van der Waals surface area (Å²) >= 11 is 0. The van der Waals surface area contributed by atoms with Gasteiger partial charge in [0.25, 0.3) is 0 Å². The predicted octanol–water partition coefficient (Wildman–Crippen LogP) is 2.15. The second-order valence-corrected chi connectivity index (χ2v) is 5.79. The molecule has 0 radical (unpaired) electrons. The first-order valence-corrected chi connectivity index (χ1v) is 7.37. The zero-order valence-corrected chi connectivity index (χ0v) is 12.1. The molecule has 1 amide bonds. The molecule has 0 saturated heterocycles. The molecule has 22 heavy (non-hydrogen) atoms. The molecule has 120 valence electrons. The van der Waals surface area contributed by atoms with Crippen LogP contribution in [-0.4, -0.2) is 44.3 Å². The molecule has 0 aromatic heterocycles. The molecule has 3 rings (SSSR count). The number of anilines is 2. The number of halogens is 3. The van der Waals surface area contributed by atoms with E-state index < -0.39 is 12.7 Å². The van der Waals surface area contributed by atoms with Gasteiger partial charge in [0.1, 0.15) is 6.54 Å². The molecule has 1 saturated carbocycles. The van der Waals surface area contributed by atoms with Crippen LogP contribution >= 0.6 is 0 Å². The quantitative estimate of drug-likeness (QED) is 0.925. The number of amides is 1. The standard InChI is InChI=1S/C15H18F3N3O/c16-15(17,18)10-21-8-7-20(9-14(22)19-11-5-6-11)12-3-1-2-4-13(12)21/h1-4,11H,5-10H2,(H,19,22). The van der Waals surface area contributed by atoms with Crippen LogP contribution < -0.4 is 15.1 Å². The van der Waals surface area contributed by atoms with Crippen molar-refractivity contribution in [3.05, 3.63) is 24.3 Å². The Labute approximate surface area is 126 Å². The molecule has 2 aliphatic rings. The molecule has 7 heteroatoms. The predicted molar refractivity (Wildman–Crippen MR) is 78.1 cm³/mol. The van der Waals surface area contributed by atoms with Gasteiger partial charge < -0.3 is 15.1 Å². The third-order valence-electron chi connectivity index (χ3n) is 3.85. The molecular weight excluding hydrogens is 295 g/mol. The Hall–Kier alpha value is -1.92. The summed E-state index contributed by atoms with van der Waals surface area (Å²) in [6, 6.07) is 7.22. The molecular formula is C15H18F3N3O. The Morgan fingerprint density at radius 2 is 1.73 bits per heavy atom. The van der Waals surface area contributed by atoms with E-state index in [2.05, 4.69) is 5.32 Å². The second kappa shape index (κ2) is 5.70. The first kappa shape index (κ1) is 15.0. The highest BCUT2D eigenvalue weighted by molar-refractivity contribution is 5.84. The van der Waals surface area contributed by atoms with Crippen molar-refractivity contribution in [1.29, 1.82) is 0 Å².